The minimum atomic E-state index is -0.225. The quantitative estimate of drug-likeness (QED) is 0.176. The Labute approximate surface area is 328 Å². The Bertz CT molecular complexity index is 3000. The molecule has 2 heteroatoms. The van der Waals surface area contributed by atoms with Crippen molar-refractivity contribution in [2.24, 2.45) is 0 Å². The zero-order chi connectivity index (χ0) is 37.8. The van der Waals surface area contributed by atoms with Crippen molar-refractivity contribution in [1.29, 1.82) is 0 Å². The highest BCUT2D eigenvalue weighted by Gasteiger charge is 2.42. The summed E-state index contributed by atoms with van der Waals surface area (Å²) in [7, 11) is 0. The third kappa shape index (κ3) is 4.69. The predicted molar refractivity (Wildman–Crippen MR) is 236 cm³/mol. The minimum Gasteiger partial charge on any atom is -0.310 e. The van der Waals surface area contributed by atoms with Crippen LogP contribution in [0.15, 0.2) is 182 Å². The predicted octanol–water partition coefficient (Wildman–Crippen LogP) is 14.5. The van der Waals surface area contributed by atoms with E-state index >= 15 is 0 Å². The number of nitrogens with zero attached hydrogens (tertiary/aromatic N) is 2. The summed E-state index contributed by atoms with van der Waals surface area (Å²) in [5, 5.41) is 2.53. The largest absolute Gasteiger partial charge is 0.310 e. The third-order valence-electron chi connectivity index (χ3n) is 12.8. The molecule has 1 aromatic heterocycles. The van der Waals surface area contributed by atoms with E-state index in [1.807, 2.05) is 0 Å². The lowest BCUT2D eigenvalue weighted by Gasteiger charge is -2.43. The molecule has 0 saturated carbocycles. The number of benzene rings is 8. The lowest BCUT2D eigenvalue weighted by atomic mass is 9.71. The van der Waals surface area contributed by atoms with E-state index in [9.17, 15) is 0 Å². The maximum atomic E-state index is 2.52. The number of anilines is 3. The van der Waals surface area contributed by atoms with Crippen LogP contribution >= 0.6 is 0 Å². The molecule has 0 radical (unpaired) electrons. The molecule has 0 spiro atoms. The summed E-state index contributed by atoms with van der Waals surface area (Å²) in [5.74, 6) is 0. The molecule has 0 fully saturated rings. The smallest absolute Gasteiger partial charge is 0.0541 e. The molecule has 1 aliphatic carbocycles. The van der Waals surface area contributed by atoms with Gasteiger partial charge in [0.15, 0.2) is 0 Å². The molecule has 2 nitrogen and oxygen atoms in total. The topological polar surface area (TPSA) is 8.17 Å². The Balaban J connectivity index is 1.07. The molecular weight excluding hydrogens is 677 g/mol. The van der Waals surface area contributed by atoms with E-state index in [0.717, 1.165) is 5.69 Å². The van der Waals surface area contributed by atoms with Gasteiger partial charge in [0, 0.05) is 33.0 Å². The zero-order valence-corrected chi connectivity index (χ0v) is 32.2. The molecule has 56 heavy (non-hydrogen) atoms. The molecule has 2 aliphatic rings. The summed E-state index contributed by atoms with van der Waals surface area (Å²) in [5.41, 5.74) is 20.0. The molecule has 0 unspecified atom stereocenters. The average Bonchev–Trinajstić information content (AvgIpc) is 3.69. The Morgan fingerprint density at radius 2 is 0.929 bits per heavy atom. The van der Waals surface area contributed by atoms with Gasteiger partial charge in [-0.05, 0) is 122 Å². The van der Waals surface area contributed by atoms with Crippen LogP contribution in [0.3, 0.4) is 0 Å². The monoisotopic (exact) mass is 718 g/mol. The number of aromatic nitrogens is 1. The first-order valence-corrected chi connectivity index (χ1v) is 19.8. The number of hydrogen-bond acceptors (Lipinski definition) is 1. The van der Waals surface area contributed by atoms with E-state index in [4.69, 9.17) is 0 Å². The van der Waals surface area contributed by atoms with Crippen LogP contribution in [0, 0.1) is 0 Å². The first kappa shape index (κ1) is 32.8. The maximum absolute atomic E-state index is 2.52. The van der Waals surface area contributed by atoms with Crippen molar-refractivity contribution in [1.82, 2.24) is 4.57 Å². The summed E-state index contributed by atoms with van der Waals surface area (Å²) < 4.78 is 2.38. The van der Waals surface area contributed by atoms with Crippen molar-refractivity contribution in [3.8, 4) is 39.1 Å². The summed E-state index contributed by atoms with van der Waals surface area (Å²) in [6, 6.07) is 67.5. The van der Waals surface area contributed by atoms with Crippen LogP contribution in [-0.4, -0.2) is 4.57 Å². The van der Waals surface area contributed by atoms with Crippen LogP contribution in [0.25, 0.3) is 60.9 Å². The molecule has 0 atom stereocenters. The highest BCUT2D eigenvalue weighted by Crippen LogP contribution is 2.58. The molecule has 11 rings (SSSR count). The zero-order valence-electron chi connectivity index (χ0n) is 32.2. The van der Waals surface area contributed by atoms with Crippen LogP contribution in [0.4, 0.5) is 17.1 Å². The fourth-order valence-corrected chi connectivity index (χ4v) is 9.83. The van der Waals surface area contributed by atoms with Crippen molar-refractivity contribution in [3.63, 3.8) is 0 Å². The Morgan fingerprint density at radius 1 is 0.339 bits per heavy atom. The Kier molecular flexibility index (Phi) is 6.98. The molecule has 1 aliphatic heterocycles. The second-order valence-corrected chi connectivity index (χ2v) is 16.6. The number of rotatable bonds is 4. The van der Waals surface area contributed by atoms with Crippen molar-refractivity contribution in [2.75, 3.05) is 4.90 Å². The van der Waals surface area contributed by atoms with Gasteiger partial charge >= 0.3 is 0 Å². The van der Waals surface area contributed by atoms with E-state index in [2.05, 4.69) is 219 Å². The van der Waals surface area contributed by atoms with Crippen LogP contribution in [0.2, 0.25) is 0 Å². The van der Waals surface area contributed by atoms with E-state index < -0.39 is 0 Å². The third-order valence-corrected chi connectivity index (χ3v) is 12.8. The van der Waals surface area contributed by atoms with Gasteiger partial charge in [-0.25, -0.2) is 0 Å². The van der Waals surface area contributed by atoms with Gasteiger partial charge in [0.25, 0.3) is 0 Å². The Morgan fingerprint density at radius 3 is 1.73 bits per heavy atom. The maximum Gasteiger partial charge on any atom is 0.0541 e. The minimum absolute atomic E-state index is 0.0969. The van der Waals surface area contributed by atoms with E-state index in [0.29, 0.717) is 0 Å². The van der Waals surface area contributed by atoms with Gasteiger partial charge in [0.05, 0.1) is 22.4 Å². The molecule has 0 amide bonds. The molecule has 0 saturated heterocycles. The van der Waals surface area contributed by atoms with Crippen LogP contribution < -0.4 is 4.90 Å². The summed E-state index contributed by atoms with van der Waals surface area (Å²) in [6.45, 7) is 9.57. The van der Waals surface area contributed by atoms with E-state index in [1.54, 1.807) is 0 Å². The van der Waals surface area contributed by atoms with Crippen molar-refractivity contribution in [2.45, 2.75) is 38.5 Å². The standard InChI is InChI=1S/C54H42N2/c1-53(2)45-21-13-11-19-41(45)43-33-48-52(34-46(43)53)56(51-30-26-38(32-47(51)54(48,3)4)35-15-7-5-8-16-35)40-27-23-36(24-28-40)37-25-29-50-44(31-37)42-20-12-14-22-49(42)55(50)39-17-9-6-10-18-39/h5-34H,1-4H3. The van der Waals surface area contributed by atoms with Gasteiger partial charge in [-0.2, -0.15) is 0 Å². The fourth-order valence-electron chi connectivity index (χ4n) is 9.83. The van der Waals surface area contributed by atoms with Crippen molar-refractivity contribution >= 4 is 38.9 Å². The van der Waals surface area contributed by atoms with Crippen molar-refractivity contribution < 1.29 is 0 Å². The molecular formula is C54H42N2. The highest BCUT2D eigenvalue weighted by molar-refractivity contribution is 6.10. The van der Waals surface area contributed by atoms with Gasteiger partial charge < -0.3 is 9.47 Å². The molecule has 0 bridgehead atoms. The second-order valence-electron chi connectivity index (χ2n) is 16.6. The summed E-state index contributed by atoms with van der Waals surface area (Å²) >= 11 is 0. The first-order chi connectivity index (χ1) is 27.3. The van der Waals surface area contributed by atoms with Gasteiger partial charge in [-0.1, -0.05) is 143 Å². The second kappa shape index (κ2) is 11.9. The van der Waals surface area contributed by atoms with Crippen LogP contribution in [-0.2, 0) is 10.8 Å². The molecule has 268 valence electrons. The SMILES string of the molecule is CC1(C)c2ccccc2-c2cc3c(cc21)N(c1ccc(-c2ccc4c(c2)c2ccccc2n4-c2ccccc2)cc1)c1ccc(-c2ccccc2)cc1C3(C)C. The van der Waals surface area contributed by atoms with Crippen LogP contribution in [0.5, 0.6) is 0 Å². The van der Waals surface area contributed by atoms with Gasteiger partial charge in [0.2, 0.25) is 0 Å². The lowest BCUT2D eigenvalue weighted by Crippen LogP contribution is -2.31. The lowest BCUT2D eigenvalue weighted by molar-refractivity contribution is 0.627. The molecule has 0 N–H and O–H groups in total. The van der Waals surface area contributed by atoms with Crippen LogP contribution in [0.1, 0.15) is 49.9 Å². The highest BCUT2D eigenvalue weighted by atomic mass is 15.2. The Hall–Kier alpha value is -6.64. The first-order valence-electron chi connectivity index (χ1n) is 19.8. The van der Waals surface area contributed by atoms with E-state index in [-0.39, 0.29) is 10.8 Å². The summed E-state index contributed by atoms with van der Waals surface area (Å²) in [6.07, 6.45) is 0. The van der Waals surface area contributed by atoms with Crippen molar-refractivity contribution in [3.05, 3.63) is 204 Å². The number of para-hydroxylation sites is 2. The van der Waals surface area contributed by atoms with Gasteiger partial charge in [-0.15, -0.1) is 0 Å². The number of hydrogen-bond donors (Lipinski definition) is 0. The van der Waals surface area contributed by atoms with E-state index in [1.165, 1.54) is 94.5 Å². The normalized spacial score (nSPS) is 14.7. The average molecular weight is 719 g/mol. The molecule has 9 aromatic rings. The van der Waals surface area contributed by atoms with Gasteiger partial charge in [-0.3, -0.25) is 0 Å². The molecule has 2 heterocycles. The number of fused-ring (bicyclic) bond motifs is 8. The molecule has 8 aromatic carbocycles. The fraction of sp³-hybridized carbons (Fsp3) is 0.111. The van der Waals surface area contributed by atoms with Gasteiger partial charge in [0.1, 0.15) is 0 Å². The summed E-state index contributed by atoms with van der Waals surface area (Å²) in [4.78, 5) is 2.52.